The lowest BCUT2D eigenvalue weighted by molar-refractivity contribution is 0.618. The lowest BCUT2D eigenvalue weighted by Crippen LogP contribution is -2.08. The second kappa shape index (κ2) is 8.06. The summed E-state index contributed by atoms with van der Waals surface area (Å²) in [7, 11) is 0. The molecule has 1 fully saturated rings. The number of imidazole rings is 1. The molecule has 4 heteroatoms. The van der Waals surface area contributed by atoms with Crippen LogP contribution in [0.1, 0.15) is 56.3 Å². The third kappa shape index (κ3) is 3.79. The van der Waals surface area contributed by atoms with Crippen molar-refractivity contribution >= 4 is 34.4 Å². The molecule has 136 valence electrons. The maximum Gasteiger partial charge on any atom is 0.113 e. The first-order chi connectivity index (χ1) is 12.7. The van der Waals surface area contributed by atoms with E-state index < -0.39 is 0 Å². The van der Waals surface area contributed by atoms with Crippen molar-refractivity contribution in [1.82, 2.24) is 9.55 Å². The SMILES string of the molecule is CCCSc1ccc2nc(C3CCCC3)n(Cc3cccc(Cl)c3)c2c1. The van der Waals surface area contributed by atoms with E-state index in [2.05, 4.69) is 41.8 Å². The zero-order valence-corrected chi connectivity index (χ0v) is 16.8. The summed E-state index contributed by atoms with van der Waals surface area (Å²) in [5, 5.41) is 0.800. The van der Waals surface area contributed by atoms with E-state index in [-0.39, 0.29) is 0 Å². The quantitative estimate of drug-likeness (QED) is 0.430. The smallest absolute Gasteiger partial charge is 0.113 e. The highest BCUT2D eigenvalue weighted by Gasteiger charge is 2.24. The number of fused-ring (bicyclic) bond motifs is 1. The molecule has 0 aliphatic heterocycles. The number of aromatic nitrogens is 2. The summed E-state index contributed by atoms with van der Waals surface area (Å²) in [6, 6.07) is 14.9. The third-order valence-corrected chi connectivity index (χ3v) is 6.61. The Kier molecular flexibility index (Phi) is 5.56. The highest BCUT2D eigenvalue weighted by atomic mass is 35.5. The van der Waals surface area contributed by atoms with Crippen LogP contribution in [0, 0.1) is 0 Å². The molecule has 0 saturated heterocycles. The average molecular weight is 385 g/mol. The van der Waals surface area contributed by atoms with Crippen molar-refractivity contribution in [2.24, 2.45) is 0 Å². The summed E-state index contributed by atoms with van der Waals surface area (Å²) in [6.07, 6.45) is 6.36. The van der Waals surface area contributed by atoms with E-state index in [0.29, 0.717) is 5.92 Å². The van der Waals surface area contributed by atoms with Gasteiger partial charge in [0.2, 0.25) is 0 Å². The molecule has 0 atom stereocenters. The summed E-state index contributed by atoms with van der Waals surface area (Å²) in [5.74, 6) is 3.01. The predicted molar refractivity (Wildman–Crippen MR) is 113 cm³/mol. The molecule has 0 bridgehead atoms. The Morgan fingerprint density at radius 3 is 2.77 bits per heavy atom. The van der Waals surface area contributed by atoms with E-state index in [1.54, 1.807) is 0 Å². The van der Waals surface area contributed by atoms with Gasteiger partial charge in [-0.15, -0.1) is 11.8 Å². The van der Waals surface area contributed by atoms with Crippen LogP contribution in [0.4, 0.5) is 0 Å². The van der Waals surface area contributed by atoms with Gasteiger partial charge in [-0.05, 0) is 60.9 Å². The van der Waals surface area contributed by atoms with E-state index in [9.17, 15) is 0 Å². The van der Waals surface area contributed by atoms with Crippen molar-refractivity contribution in [2.45, 2.75) is 56.4 Å². The molecular weight excluding hydrogens is 360 g/mol. The highest BCUT2D eigenvalue weighted by molar-refractivity contribution is 7.99. The van der Waals surface area contributed by atoms with Crippen LogP contribution in [0.2, 0.25) is 5.02 Å². The van der Waals surface area contributed by atoms with Crippen LogP contribution in [0.25, 0.3) is 11.0 Å². The molecule has 0 unspecified atom stereocenters. The second-order valence-corrected chi connectivity index (χ2v) is 8.77. The summed E-state index contributed by atoms with van der Waals surface area (Å²) in [5.41, 5.74) is 3.62. The molecule has 1 saturated carbocycles. The Morgan fingerprint density at radius 1 is 1.15 bits per heavy atom. The molecule has 3 aromatic rings. The minimum Gasteiger partial charge on any atom is -0.323 e. The molecule has 0 N–H and O–H groups in total. The largest absolute Gasteiger partial charge is 0.323 e. The number of hydrogen-bond donors (Lipinski definition) is 0. The first-order valence-electron chi connectivity index (χ1n) is 9.62. The van der Waals surface area contributed by atoms with Crippen molar-refractivity contribution in [3.8, 4) is 0 Å². The average Bonchev–Trinajstić information content (AvgIpc) is 3.28. The van der Waals surface area contributed by atoms with Gasteiger partial charge < -0.3 is 4.57 Å². The Balaban J connectivity index is 1.77. The zero-order chi connectivity index (χ0) is 17.9. The van der Waals surface area contributed by atoms with Gasteiger partial charge in [0, 0.05) is 22.4 Å². The maximum absolute atomic E-state index is 6.22. The number of benzene rings is 2. The molecule has 1 aliphatic carbocycles. The molecule has 1 aromatic heterocycles. The number of halogens is 1. The third-order valence-electron chi connectivity index (χ3n) is 5.17. The summed E-state index contributed by atoms with van der Waals surface area (Å²) < 4.78 is 2.44. The van der Waals surface area contributed by atoms with Crippen LogP contribution in [-0.2, 0) is 6.54 Å². The normalized spacial score (nSPS) is 15.2. The van der Waals surface area contributed by atoms with Gasteiger partial charge in [0.15, 0.2) is 0 Å². The Bertz CT molecular complexity index is 896. The van der Waals surface area contributed by atoms with E-state index in [4.69, 9.17) is 16.6 Å². The second-order valence-electron chi connectivity index (χ2n) is 7.17. The van der Waals surface area contributed by atoms with Gasteiger partial charge in [-0.1, -0.05) is 43.5 Å². The fourth-order valence-corrected chi connectivity index (χ4v) is 4.92. The first kappa shape index (κ1) is 17.9. The van der Waals surface area contributed by atoms with Crippen LogP contribution >= 0.6 is 23.4 Å². The summed E-state index contributed by atoms with van der Waals surface area (Å²) >= 11 is 8.16. The maximum atomic E-state index is 6.22. The molecule has 0 amide bonds. The van der Waals surface area contributed by atoms with E-state index in [1.165, 1.54) is 53.9 Å². The minimum absolute atomic E-state index is 0.591. The topological polar surface area (TPSA) is 17.8 Å². The molecular formula is C22H25ClN2S. The van der Waals surface area contributed by atoms with Crippen LogP contribution in [0.15, 0.2) is 47.4 Å². The number of rotatable bonds is 6. The van der Waals surface area contributed by atoms with E-state index in [0.717, 1.165) is 22.8 Å². The van der Waals surface area contributed by atoms with Gasteiger partial charge in [0.05, 0.1) is 11.0 Å². The van der Waals surface area contributed by atoms with Gasteiger partial charge in [-0.3, -0.25) is 0 Å². The molecule has 2 nitrogen and oxygen atoms in total. The molecule has 0 radical (unpaired) electrons. The van der Waals surface area contributed by atoms with Gasteiger partial charge in [0.1, 0.15) is 5.82 Å². The van der Waals surface area contributed by atoms with Crippen molar-refractivity contribution < 1.29 is 0 Å². The fraction of sp³-hybridized carbons (Fsp3) is 0.409. The molecule has 1 aliphatic rings. The number of hydrogen-bond acceptors (Lipinski definition) is 2. The molecule has 4 rings (SSSR count). The standard InChI is InChI=1S/C22H25ClN2S/c1-2-12-26-19-10-11-20-21(14-19)25(15-16-6-5-9-18(23)13-16)22(24-20)17-7-3-4-8-17/h5-6,9-11,13-14,17H,2-4,7-8,12,15H2,1H3. The lowest BCUT2D eigenvalue weighted by Gasteiger charge is -2.14. The van der Waals surface area contributed by atoms with Crippen LogP contribution < -0.4 is 0 Å². The summed E-state index contributed by atoms with van der Waals surface area (Å²) in [4.78, 5) is 6.39. The molecule has 26 heavy (non-hydrogen) atoms. The van der Waals surface area contributed by atoms with Crippen LogP contribution in [0.5, 0.6) is 0 Å². The van der Waals surface area contributed by atoms with E-state index in [1.807, 2.05) is 23.9 Å². The van der Waals surface area contributed by atoms with Crippen molar-refractivity contribution in [3.05, 3.63) is 58.9 Å². The Hall–Kier alpha value is -1.45. The number of thioether (sulfide) groups is 1. The van der Waals surface area contributed by atoms with E-state index >= 15 is 0 Å². The van der Waals surface area contributed by atoms with Gasteiger partial charge in [-0.2, -0.15) is 0 Å². The lowest BCUT2D eigenvalue weighted by atomic mass is 10.1. The molecule has 2 aromatic carbocycles. The van der Waals surface area contributed by atoms with Crippen LogP contribution in [-0.4, -0.2) is 15.3 Å². The Labute approximate surface area is 165 Å². The minimum atomic E-state index is 0.591. The van der Waals surface area contributed by atoms with Gasteiger partial charge in [-0.25, -0.2) is 4.98 Å². The first-order valence-corrected chi connectivity index (χ1v) is 11.0. The van der Waals surface area contributed by atoms with Crippen molar-refractivity contribution in [2.75, 3.05) is 5.75 Å². The zero-order valence-electron chi connectivity index (χ0n) is 15.2. The highest BCUT2D eigenvalue weighted by Crippen LogP contribution is 2.36. The van der Waals surface area contributed by atoms with Gasteiger partial charge >= 0.3 is 0 Å². The number of nitrogens with zero attached hydrogens (tertiary/aromatic N) is 2. The predicted octanol–water partition coefficient (Wildman–Crippen LogP) is 6.90. The van der Waals surface area contributed by atoms with Crippen molar-refractivity contribution in [1.29, 1.82) is 0 Å². The monoisotopic (exact) mass is 384 g/mol. The van der Waals surface area contributed by atoms with Gasteiger partial charge in [0.25, 0.3) is 0 Å². The summed E-state index contributed by atoms with van der Waals surface area (Å²) in [6.45, 7) is 3.07. The Morgan fingerprint density at radius 2 is 2.00 bits per heavy atom. The van der Waals surface area contributed by atoms with Crippen LogP contribution in [0.3, 0.4) is 0 Å². The fourth-order valence-electron chi connectivity index (χ4n) is 3.91. The molecule has 0 spiro atoms. The molecule has 1 heterocycles. The van der Waals surface area contributed by atoms with Crippen molar-refractivity contribution in [3.63, 3.8) is 0 Å².